The molecule has 0 saturated heterocycles. The number of halogens is 1. The van der Waals surface area contributed by atoms with Crippen LogP contribution < -0.4 is 9.64 Å². The Kier molecular flexibility index (Phi) is 5.03. The fourth-order valence-electron chi connectivity index (χ4n) is 1.75. The van der Waals surface area contributed by atoms with Crippen molar-refractivity contribution in [1.29, 1.82) is 0 Å². The molecule has 7 heteroatoms. The highest BCUT2D eigenvalue weighted by atomic mass is 35.5. The van der Waals surface area contributed by atoms with E-state index in [0.29, 0.717) is 16.6 Å². The Morgan fingerprint density at radius 1 is 1.33 bits per heavy atom. The molecular formula is C14H15ClN2O3S. The monoisotopic (exact) mass is 326 g/mol. The molecule has 2 rings (SSSR count). The zero-order valence-corrected chi connectivity index (χ0v) is 13.5. The molecule has 0 aliphatic rings. The van der Waals surface area contributed by atoms with Gasteiger partial charge in [0.2, 0.25) is 0 Å². The summed E-state index contributed by atoms with van der Waals surface area (Å²) in [6.45, 7) is 0.647. The van der Waals surface area contributed by atoms with Crippen molar-refractivity contribution >= 4 is 34.0 Å². The van der Waals surface area contributed by atoms with Gasteiger partial charge in [0, 0.05) is 13.6 Å². The fraction of sp³-hybridized carbons (Fsp3) is 0.286. The first-order chi connectivity index (χ1) is 10.0. The van der Waals surface area contributed by atoms with Gasteiger partial charge < -0.3 is 14.4 Å². The van der Waals surface area contributed by atoms with Crippen LogP contribution >= 0.6 is 22.9 Å². The van der Waals surface area contributed by atoms with E-state index in [1.54, 1.807) is 7.11 Å². The predicted molar refractivity (Wildman–Crippen MR) is 83.6 cm³/mol. The molecular weight excluding hydrogens is 312 g/mol. The van der Waals surface area contributed by atoms with Gasteiger partial charge in [0.25, 0.3) is 0 Å². The van der Waals surface area contributed by atoms with E-state index in [2.05, 4.69) is 9.72 Å². The van der Waals surface area contributed by atoms with Gasteiger partial charge in [-0.1, -0.05) is 35.1 Å². The summed E-state index contributed by atoms with van der Waals surface area (Å²) in [7, 11) is 4.84. The SMILES string of the molecule is COC(=O)c1sc(N(C)Cc2ccc(OC)cc2)nc1Cl. The Morgan fingerprint density at radius 2 is 2.00 bits per heavy atom. The zero-order chi connectivity index (χ0) is 15.4. The van der Waals surface area contributed by atoms with Crippen molar-refractivity contribution in [2.75, 3.05) is 26.2 Å². The van der Waals surface area contributed by atoms with Crippen LogP contribution in [0.2, 0.25) is 5.15 Å². The molecule has 1 aromatic heterocycles. The highest BCUT2D eigenvalue weighted by molar-refractivity contribution is 7.18. The van der Waals surface area contributed by atoms with Gasteiger partial charge in [-0.05, 0) is 17.7 Å². The molecule has 112 valence electrons. The Balaban J connectivity index is 2.12. The largest absolute Gasteiger partial charge is 0.497 e. The molecule has 0 amide bonds. The lowest BCUT2D eigenvalue weighted by molar-refractivity contribution is 0.0606. The summed E-state index contributed by atoms with van der Waals surface area (Å²) in [5, 5.41) is 0.833. The Labute approximate surface area is 132 Å². The maximum Gasteiger partial charge on any atom is 0.351 e. The van der Waals surface area contributed by atoms with Crippen LogP contribution in [-0.4, -0.2) is 32.2 Å². The number of esters is 1. The molecule has 0 fully saturated rings. The number of nitrogens with zero attached hydrogens (tertiary/aromatic N) is 2. The molecule has 0 N–H and O–H groups in total. The van der Waals surface area contributed by atoms with Crippen LogP contribution in [0.15, 0.2) is 24.3 Å². The number of hydrogen-bond acceptors (Lipinski definition) is 6. The van der Waals surface area contributed by atoms with Gasteiger partial charge >= 0.3 is 5.97 Å². The van der Waals surface area contributed by atoms with Gasteiger partial charge in [-0.2, -0.15) is 0 Å². The Morgan fingerprint density at radius 3 is 2.57 bits per heavy atom. The number of aromatic nitrogens is 1. The van der Waals surface area contributed by atoms with Crippen LogP contribution in [0, 0.1) is 0 Å². The summed E-state index contributed by atoms with van der Waals surface area (Å²) in [5.41, 5.74) is 1.10. The van der Waals surface area contributed by atoms with Crippen molar-refractivity contribution in [2.45, 2.75) is 6.54 Å². The summed E-state index contributed by atoms with van der Waals surface area (Å²) in [6.07, 6.45) is 0. The number of benzene rings is 1. The number of ether oxygens (including phenoxy) is 2. The van der Waals surface area contributed by atoms with E-state index in [1.165, 1.54) is 18.4 Å². The number of anilines is 1. The minimum atomic E-state index is -0.471. The first kappa shape index (κ1) is 15.6. The summed E-state index contributed by atoms with van der Waals surface area (Å²) < 4.78 is 9.79. The molecule has 0 spiro atoms. The molecule has 5 nitrogen and oxygen atoms in total. The third-order valence-corrected chi connectivity index (χ3v) is 4.39. The minimum Gasteiger partial charge on any atom is -0.497 e. The van der Waals surface area contributed by atoms with Crippen molar-refractivity contribution in [3.63, 3.8) is 0 Å². The average Bonchev–Trinajstić information content (AvgIpc) is 2.89. The van der Waals surface area contributed by atoms with Gasteiger partial charge in [0.15, 0.2) is 15.2 Å². The number of methoxy groups -OCH3 is 2. The van der Waals surface area contributed by atoms with Crippen LogP contribution in [-0.2, 0) is 11.3 Å². The van der Waals surface area contributed by atoms with E-state index in [1.807, 2.05) is 36.2 Å². The summed E-state index contributed by atoms with van der Waals surface area (Å²) >= 11 is 7.17. The number of carbonyl (C=O) groups is 1. The van der Waals surface area contributed by atoms with Gasteiger partial charge in [-0.25, -0.2) is 9.78 Å². The molecule has 0 radical (unpaired) electrons. The molecule has 0 unspecified atom stereocenters. The fourth-order valence-corrected chi connectivity index (χ4v) is 2.90. The van der Waals surface area contributed by atoms with Crippen LogP contribution in [0.5, 0.6) is 5.75 Å². The number of hydrogen-bond donors (Lipinski definition) is 0. The third kappa shape index (κ3) is 3.65. The molecule has 1 aromatic carbocycles. The molecule has 1 heterocycles. The molecule has 0 aliphatic heterocycles. The van der Waals surface area contributed by atoms with Crippen molar-refractivity contribution in [3.8, 4) is 5.75 Å². The first-order valence-corrected chi connectivity index (χ1v) is 7.33. The predicted octanol–water partition coefficient (Wildman–Crippen LogP) is 3.23. The minimum absolute atomic E-state index is 0.170. The number of rotatable bonds is 5. The summed E-state index contributed by atoms with van der Waals surface area (Å²) in [5.74, 6) is 0.341. The lowest BCUT2D eigenvalue weighted by atomic mass is 10.2. The average molecular weight is 327 g/mol. The highest BCUT2D eigenvalue weighted by Crippen LogP contribution is 2.30. The van der Waals surface area contributed by atoms with Gasteiger partial charge in [-0.15, -0.1) is 0 Å². The number of carbonyl (C=O) groups excluding carboxylic acids is 1. The second-order valence-corrected chi connectivity index (χ2v) is 5.65. The van der Waals surface area contributed by atoms with Crippen molar-refractivity contribution in [3.05, 3.63) is 39.9 Å². The van der Waals surface area contributed by atoms with E-state index in [9.17, 15) is 4.79 Å². The van der Waals surface area contributed by atoms with Crippen molar-refractivity contribution < 1.29 is 14.3 Å². The number of thiazole rings is 1. The smallest absolute Gasteiger partial charge is 0.351 e. The van der Waals surface area contributed by atoms with Gasteiger partial charge in [-0.3, -0.25) is 0 Å². The highest BCUT2D eigenvalue weighted by Gasteiger charge is 2.19. The zero-order valence-electron chi connectivity index (χ0n) is 11.9. The normalized spacial score (nSPS) is 10.3. The summed E-state index contributed by atoms with van der Waals surface area (Å²) in [6, 6.07) is 7.76. The molecule has 0 atom stereocenters. The van der Waals surface area contributed by atoms with E-state index in [-0.39, 0.29) is 5.15 Å². The van der Waals surface area contributed by atoms with E-state index in [4.69, 9.17) is 16.3 Å². The van der Waals surface area contributed by atoms with Crippen molar-refractivity contribution in [1.82, 2.24) is 4.98 Å². The van der Waals surface area contributed by atoms with E-state index < -0.39 is 5.97 Å². The maximum absolute atomic E-state index is 11.5. The lowest BCUT2D eigenvalue weighted by Crippen LogP contribution is -2.15. The Hall–Kier alpha value is -1.79. The molecule has 0 bridgehead atoms. The molecule has 0 saturated carbocycles. The lowest BCUT2D eigenvalue weighted by Gasteiger charge is -2.15. The topological polar surface area (TPSA) is 51.7 Å². The molecule has 0 aliphatic carbocycles. The van der Waals surface area contributed by atoms with Crippen LogP contribution in [0.3, 0.4) is 0 Å². The second-order valence-electron chi connectivity index (χ2n) is 4.31. The van der Waals surface area contributed by atoms with Crippen LogP contribution in [0.1, 0.15) is 15.2 Å². The van der Waals surface area contributed by atoms with Gasteiger partial charge in [0.05, 0.1) is 14.2 Å². The molecule has 2 aromatic rings. The second kappa shape index (κ2) is 6.78. The first-order valence-electron chi connectivity index (χ1n) is 6.14. The summed E-state index contributed by atoms with van der Waals surface area (Å²) in [4.78, 5) is 18.0. The van der Waals surface area contributed by atoms with Crippen LogP contribution in [0.25, 0.3) is 0 Å². The van der Waals surface area contributed by atoms with E-state index in [0.717, 1.165) is 11.3 Å². The van der Waals surface area contributed by atoms with Gasteiger partial charge in [0.1, 0.15) is 5.75 Å². The van der Waals surface area contributed by atoms with E-state index >= 15 is 0 Å². The van der Waals surface area contributed by atoms with Crippen molar-refractivity contribution in [2.24, 2.45) is 0 Å². The standard InChI is InChI=1S/C14H15ClN2O3S/c1-17(8-9-4-6-10(19-2)7-5-9)14-16-12(15)11(21-14)13(18)20-3/h4-7H,8H2,1-3H3. The quantitative estimate of drug-likeness (QED) is 0.790. The Bertz CT molecular complexity index is 628. The maximum atomic E-state index is 11.5. The van der Waals surface area contributed by atoms with Crippen LogP contribution in [0.4, 0.5) is 5.13 Å². The third-order valence-electron chi connectivity index (χ3n) is 2.85. The molecule has 21 heavy (non-hydrogen) atoms.